The van der Waals surface area contributed by atoms with Crippen molar-refractivity contribution in [1.82, 2.24) is 24.6 Å². The van der Waals surface area contributed by atoms with Crippen molar-refractivity contribution in [2.45, 2.75) is 13.1 Å². The van der Waals surface area contributed by atoms with Crippen molar-refractivity contribution in [3.05, 3.63) is 60.7 Å². The van der Waals surface area contributed by atoms with Crippen LogP contribution in [0.5, 0.6) is 0 Å². The van der Waals surface area contributed by atoms with Gasteiger partial charge in [-0.25, -0.2) is 4.98 Å². The molecule has 140 valence electrons. The number of anilines is 1. The molecule has 0 saturated carbocycles. The maximum absolute atomic E-state index is 9.00. The molecule has 0 atom stereocenters. The SMILES string of the molecule is OCCn1cc(CN2CCN(c3nccnc3-c3ccccc3)CC2)cn1. The summed E-state index contributed by atoms with van der Waals surface area (Å²) < 4.78 is 1.79. The predicted octanol–water partition coefficient (Wildman–Crippen LogP) is 1.65. The Morgan fingerprint density at radius 3 is 2.52 bits per heavy atom. The molecule has 1 fully saturated rings. The molecule has 0 unspecified atom stereocenters. The Hall–Kier alpha value is -2.77. The van der Waals surface area contributed by atoms with Crippen LogP contribution in [-0.2, 0) is 13.1 Å². The van der Waals surface area contributed by atoms with E-state index in [9.17, 15) is 0 Å². The van der Waals surface area contributed by atoms with Crippen LogP contribution < -0.4 is 4.90 Å². The summed E-state index contributed by atoms with van der Waals surface area (Å²) in [7, 11) is 0. The van der Waals surface area contributed by atoms with Crippen LogP contribution in [0.3, 0.4) is 0 Å². The summed E-state index contributed by atoms with van der Waals surface area (Å²) in [5.74, 6) is 0.958. The Bertz CT molecular complexity index is 858. The van der Waals surface area contributed by atoms with Gasteiger partial charge in [-0.2, -0.15) is 5.10 Å². The van der Waals surface area contributed by atoms with Crippen LogP contribution in [0.2, 0.25) is 0 Å². The molecule has 0 radical (unpaired) electrons. The molecule has 1 aliphatic heterocycles. The molecular weight excluding hydrogens is 340 g/mol. The third-order valence-electron chi connectivity index (χ3n) is 4.82. The van der Waals surface area contributed by atoms with Gasteiger partial charge >= 0.3 is 0 Å². The Labute approximate surface area is 158 Å². The van der Waals surface area contributed by atoms with Gasteiger partial charge in [0.25, 0.3) is 0 Å². The van der Waals surface area contributed by atoms with Crippen LogP contribution in [0.25, 0.3) is 11.3 Å². The third kappa shape index (κ3) is 4.15. The molecule has 0 spiro atoms. The maximum atomic E-state index is 9.00. The second-order valence-corrected chi connectivity index (χ2v) is 6.69. The van der Waals surface area contributed by atoms with E-state index in [1.54, 1.807) is 17.1 Å². The summed E-state index contributed by atoms with van der Waals surface area (Å²) in [4.78, 5) is 13.9. The number of rotatable bonds is 6. The maximum Gasteiger partial charge on any atom is 0.155 e. The van der Waals surface area contributed by atoms with Gasteiger partial charge in [-0.3, -0.25) is 14.6 Å². The molecule has 1 aromatic carbocycles. The minimum absolute atomic E-state index is 0.113. The molecule has 3 heterocycles. The molecular formula is C20H24N6O. The zero-order chi connectivity index (χ0) is 18.5. The van der Waals surface area contributed by atoms with Crippen molar-refractivity contribution in [3.63, 3.8) is 0 Å². The summed E-state index contributed by atoms with van der Waals surface area (Å²) in [6.45, 7) is 5.31. The van der Waals surface area contributed by atoms with Gasteiger partial charge in [0.15, 0.2) is 5.82 Å². The molecule has 7 nitrogen and oxygen atoms in total. The molecule has 0 amide bonds. The van der Waals surface area contributed by atoms with E-state index in [-0.39, 0.29) is 6.61 Å². The third-order valence-corrected chi connectivity index (χ3v) is 4.82. The number of benzene rings is 1. The topological polar surface area (TPSA) is 70.3 Å². The van der Waals surface area contributed by atoms with Gasteiger partial charge in [0.2, 0.25) is 0 Å². The van der Waals surface area contributed by atoms with Crippen LogP contribution >= 0.6 is 0 Å². The number of piperazine rings is 1. The first kappa shape index (κ1) is 17.6. The lowest BCUT2D eigenvalue weighted by Crippen LogP contribution is -2.46. The average molecular weight is 364 g/mol. The second kappa shape index (κ2) is 8.28. The lowest BCUT2D eigenvalue weighted by Gasteiger charge is -2.35. The lowest BCUT2D eigenvalue weighted by molar-refractivity contribution is 0.249. The molecule has 1 N–H and O–H groups in total. The standard InChI is InChI=1S/C20H24N6O/c27-13-12-26-16-17(14-23-26)15-24-8-10-25(11-9-24)20-19(21-6-7-22-20)18-4-2-1-3-5-18/h1-7,14,16,27H,8-13,15H2. The van der Waals surface area contributed by atoms with E-state index in [4.69, 9.17) is 5.11 Å². The lowest BCUT2D eigenvalue weighted by atomic mass is 10.1. The molecule has 4 rings (SSSR count). The predicted molar refractivity (Wildman–Crippen MR) is 104 cm³/mol. The van der Waals surface area contributed by atoms with E-state index in [0.29, 0.717) is 6.54 Å². The van der Waals surface area contributed by atoms with Crippen LogP contribution in [0.15, 0.2) is 55.1 Å². The summed E-state index contributed by atoms with van der Waals surface area (Å²) in [5, 5.41) is 13.3. The molecule has 7 heteroatoms. The highest BCUT2D eigenvalue weighted by Gasteiger charge is 2.21. The second-order valence-electron chi connectivity index (χ2n) is 6.69. The monoisotopic (exact) mass is 364 g/mol. The van der Waals surface area contributed by atoms with E-state index in [2.05, 4.69) is 37.0 Å². The van der Waals surface area contributed by atoms with Gasteiger partial charge in [-0.1, -0.05) is 30.3 Å². The molecule has 3 aromatic rings. The Morgan fingerprint density at radius 1 is 0.963 bits per heavy atom. The Kier molecular flexibility index (Phi) is 5.41. The first-order valence-corrected chi connectivity index (χ1v) is 9.29. The molecule has 1 saturated heterocycles. The quantitative estimate of drug-likeness (QED) is 0.717. The van der Waals surface area contributed by atoms with Crippen molar-refractivity contribution in [1.29, 1.82) is 0 Å². The van der Waals surface area contributed by atoms with E-state index in [1.807, 2.05) is 30.6 Å². The summed E-state index contributed by atoms with van der Waals surface area (Å²) in [6, 6.07) is 10.2. The first-order chi connectivity index (χ1) is 13.3. The van der Waals surface area contributed by atoms with Crippen LogP contribution in [0, 0.1) is 0 Å². The minimum atomic E-state index is 0.113. The van der Waals surface area contributed by atoms with Crippen molar-refractivity contribution in [3.8, 4) is 11.3 Å². The van der Waals surface area contributed by atoms with Gasteiger partial charge < -0.3 is 10.0 Å². The fourth-order valence-electron chi connectivity index (χ4n) is 3.45. The molecule has 2 aromatic heterocycles. The summed E-state index contributed by atoms with van der Waals surface area (Å²) in [6.07, 6.45) is 7.42. The summed E-state index contributed by atoms with van der Waals surface area (Å²) >= 11 is 0. The molecule has 0 bridgehead atoms. The van der Waals surface area contributed by atoms with Gasteiger partial charge in [0, 0.05) is 62.4 Å². The highest BCUT2D eigenvalue weighted by molar-refractivity contribution is 5.71. The van der Waals surface area contributed by atoms with E-state index < -0.39 is 0 Å². The number of nitrogens with zero attached hydrogens (tertiary/aromatic N) is 6. The minimum Gasteiger partial charge on any atom is -0.394 e. The van der Waals surface area contributed by atoms with Crippen LogP contribution in [0.4, 0.5) is 5.82 Å². The zero-order valence-electron chi connectivity index (χ0n) is 15.3. The Morgan fingerprint density at radius 2 is 1.74 bits per heavy atom. The Balaban J connectivity index is 1.41. The fourth-order valence-corrected chi connectivity index (χ4v) is 3.45. The van der Waals surface area contributed by atoms with E-state index in [0.717, 1.165) is 49.8 Å². The van der Waals surface area contributed by atoms with E-state index in [1.165, 1.54) is 5.56 Å². The number of aliphatic hydroxyl groups is 1. The van der Waals surface area contributed by atoms with E-state index >= 15 is 0 Å². The van der Waals surface area contributed by atoms with Crippen molar-refractivity contribution in [2.24, 2.45) is 0 Å². The van der Waals surface area contributed by atoms with Crippen molar-refractivity contribution in [2.75, 3.05) is 37.7 Å². The van der Waals surface area contributed by atoms with Crippen molar-refractivity contribution < 1.29 is 5.11 Å². The zero-order valence-corrected chi connectivity index (χ0v) is 15.3. The summed E-state index contributed by atoms with van der Waals surface area (Å²) in [5.41, 5.74) is 3.22. The number of hydrogen-bond donors (Lipinski definition) is 1. The highest BCUT2D eigenvalue weighted by atomic mass is 16.3. The average Bonchev–Trinajstić information content (AvgIpc) is 3.16. The normalized spacial score (nSPS) is 15.2. The first-order valence-electron chi connectivity index (χ1n) is 9.29. The number of aromatic nitrogens is 4. The largest absolute Gasteiger partial charge is 0.394 e. The van der Waals surface area contributed by atoms with Gasteiger partial charge in [-0.15, -0.1) is 0 Å². The highest BCUT2D eigenvalue weighted by Crippen LogP contribution is 2.27. The number of aliphatic hydroxyl groups excluding tert-OH is 1. The van der Waals surface area contributed by atoms with Crippen LogP contribution in [-0.4, -0.2) is 62.5 Å². The van der Waals surface area contributed by atoms with Crippen LogP contribution in [0.1, 0.15) is 5.56 Å². The smallest absolute Gasteiger partial charge is 0.155 e. The fraction of sp³-hybridized carbons (Fsp3) is 0.350. The molecule has 0 aliphatic carbocycles. The van der Waals surface area contributed by atoms with Gasteiger partial charge in [0.05, 0.1) is 19.3 Å². The van der Waals surface area contributed by atoms with Gasteiger partial charge in [0.1, 0.15) is 5.69 Å². The van der Waals surface area contributed by atoms with Crippen molar-refractivity contribution >= 4 is 5.82 Å². The number of hydrogen-bond acceptors (Lipinski definition) is 6. The molecule has 1 aliphatic rings. The van der Waals surface area contributed by atoms with Gasteiger partial charge in [-0.05, 0) is 0 Å². The molecule has 27 heavy (non-hydrogen) atoms.